The summed E-state index contributed by atoms with van der Waals surface area (Å²) in [5.74, 6) is 0.624. The van der Waals surface area contributed by atoms with Crippen molar-refractivity contribution < 1.29 is 4.74 Å². The number of rotatable bonds is 14. The molecule has 0 bridgehead atoms. The van der Waals surface area contributed by atoms with Gasteiger partial charge in [0.2, 0.25) is 0 Å². The molecular formula is C29H42O. The lowest BCUT2D eigenvalue weighted by Gasteiger charge is -2.34. The highest BCUT2D eigenvalue weighted by Crippen LogP contribution is 2.42. The predicted molar refractivity (Wildman–Crippen MR) is 131 cm³/mol. The van der Waals surface area contributed by atoms with Crippen LogP contribution in [0.1, 0.15) is 77.2 Å². The zero-order chi connectivity index (χ0) is 21.7. The molecule has 0 amide bonds. The van der Waals surface area contributed by atoms with E-state index in [1.54, 1.807) is 0 Å². The van der Waals surface area contributed by atoms with Crippen molar-refractivity contribution in [2.75, 3.05) is 6.61 Å². The fraction of sp³-hybridized carbons (Fsp3) is 0.517. The maximum Gasteiger partial charge on any atom is 0.0716 e. The largest absolute Gasteiger partial charge is 0.377 e. The Labute approximate surface area is 185 Å². The van der Waals surface area contributed by atoms with Gasteiger partial charge in [0.15, 0.2) is 0 Å². The normalized spacial score (nSPS) is 20.5. The molecule has 2 atom stereocenters. The summed E-state index contributed by atoms with van der Waals surface area (Å²) in [7, 11) is 0. The summed E-state index contributed by atoms with van der Waals surface area (Å²) in [5, 5.41) is 0. The van der Waals surface area contributed by atoms with Gasteiger partial charge in [-0.3, -0.25) is 0 Å². The Bertz CT molecular complexity index is 696. The quantitative estimate of drug-likeness (QED) is 0.222. The van der Waals surface area contributed by atoms with Crippen LogP contribution in [0.15, 0.2) is 78.9 Å². The smallest absolute Gasteiger partial charge is 0.0716 e. The van der Waals surface area contributed by atoms with E-state index in [0.29, 0.717) is 17.9 Å². The van der Waals surface area contributed by atoms with Crippen LogP contribution in [0.5, 0.6) is 0 Å². The molecule has 164 valence electrons. The number of ether oxygens (including phenoxy) is 1. The SMILES string of the molecule is C=CCC(C/C=C(\C)CCC[C@]1(C)CCCC=C1C=C)CCOCc1ccccc1. The second kappa shape index (κ2) is 13.4. The molecule has 1 unspecified atom stereocenters. The van der Waals surface area contributed by atoms with Gasteiger partial charge in [-0.15, -0.1) is 6.58 Å². The highest BCUT2D eigenvalue weighted by atomic mass is 16.5. The van der Waals surface area contributed by atoms with Gasteiger partial charge < -0.3 is 4.74 Å². The van der Waals surface area contributed by atoms with Crippen LogP contribution in [0.4, 0.5) is 0 Å². The van der Waals surface area contributed by atoms with Crippen LogP contribution in [0.2, 0.25) is 0 Å². The molecule has 0 aromatic heterocycles. The molecule has 0 heterocycles. The Hall–Kier alpha value is -1.86. The summed E-state index contributed by atoms with van der Waals surface area (Å²) in [5.41, 5.74) is 4.58. The molecule has 0 fully saturated rings. The van der Waals surface area contributed by atoms with Crippen LogP contribution in [-0.4, -0.2) is 6.61 Å². The van der Waals surface area contributed by atoms with E-state index in [4.69, 9.17) is 4.74 Å². The summed E-state index contributed by atoms with van der Waals surface area (Å²) in [6, 6.07) is 10.4. The molecule has 1 nitrogen and oxygen atoms in total. The van der Waals surface area contributed by atoms with Gasteiger partial charge in [0.25, 0.3) is 0 Å². The molecule has 1 aromatic carbocycles. The van der Waals surface area contributed by atoms with Crippen molar-refractivity contribution in [2.24, 2.45) is 11.3 Å². The number of hydrogen-bond donors (Lipinski definition) is 0. The van der Waals surface area contributed by atoms with Crippen molar-refractivity contribution in [3.8, 4) is 0 Å². The molecule has 1 heteroatoms. The van der Waals surface area contributed by atoms with E-state index in [1.807, 2.05) is 6.07 Å². The molecule has 2 rings (SSSR count). The second-order valence-electron chi connectivity index (χ2n) is 9.17. The Balaban J connectivity index is 1.71. The van der Waals surface area contributed by atoms with E-state index < -0.39 is 0 Å². The lowest BCUT2D eigenvalue weighted by molar-refractivity contribution is 0.107. The summed E-state index contributed by atoms with van der Waals surface area (Å²) in [4.78, 5) is 0. The lowest BCUT2D eigenvalue weighted by Crippen LogP contribution is -2.21. The second-order valence-corrected chi connectivity index (χ2v) is 9.17. The topological polar surface area (TPSA) is 9.23 Å². The molecule has 0 saturated heterocycles. The molecule has 0 saturated carbocycles. The van der Waals surface area contributed by atoms with Crippen LogP contribution in [-0.2, 0) is 11.3 Å². The number of allylic oxidation sites excluding steroid dienone is 6. The first-order chi connectivity index (χ1) is 14.6. The maximum atomic E-state index is 5.90. The van der Waals surface area contributed by atoms with E-state index >= 15 is 0 Å². The third-order valence-electron chi connectivity index (χ3n) is 6.60. The zero-order valence-corrected chi connectivity index (χ0v) is 19.4. The minimum Gasteiger partial charge on any atom is -0.377 e. The van der Waals surface area contributed by atoms with Gasteiger partial charge in [0.1, 0.15) is 0 Å². The first kappa shape index (κ1) is 24.4. The fourth-order valence-electron chi connectivity index (χ4n) is 4.55. The zero-order valence-electron chi connectivity index (χ0n) is 19.4. The molecule has 0 N–H and O–H groups in total. The monoisotopic (exact) mass is 406 g/mol. The van der Waals surface area contributed by atoms with Gasteiger partial charge in [-0.25, -0.2) is 0 Å². The first-order valence-corrected chi connectivity index (χ1v) is 11.8. The van der Waals surface area contributed by atoms with Crippen LogP contribution in [0.3, 0.4) is 0 Å². The molecule has 0 aliphatic heterocycles. The highest BCUT2D eigenvalue weighted by molar-refractivity contribution is 5.26. The molecule has 0 radical (unpaired) electrons. The average Bonchev–Trinajstić information content (AvgIpc) is 2.76. The Morgan fingerprint density at radius 3 is 2.73 bits per heavy atom. The molecular weight excluding hydrogens is 364 g/mol. The summed E-state index contributed by atoms with van der Waals surface area (Å²) < 4.78 is 5.90. The molecule has 1 aliphatic carbocycles. The predicted octanol–water partition coefficient (Wildman–Crippen LogP) is 8.59. The van der Waals surface area contributed by atoms with Gasteiger partial charge in [0, 0.05) is 6.61 Å². The van der Waals surface area contributed by atoms with E-state index in [0.717, 1.165) is 25.9 Å². The van der Waals surface area contributed by atoms with E-state index in [1.165, 1.54) is 55.2 Å². The number of hydrogen-bond acceptors (Lipinski definition) is 1. The van der Waals surface area contributed by atoms with Crippen LogP contribution in [0, 0.1) is 11.3 Å². The minimum absolute atomic E-state index is 0.335. The summed E-state index contributed by atoms with van der Waals surface area (Å²) >= 11 is 0. The first-order valence-electron chi connectivity index (χ1n) is 11.8. The van der Waals surface area contributed by atoms with Crippen molar-refractivity contribution >= 4 is 0 Å². The molecule has 1 aliphatic rings. The maximum absolute atomic E-state index is 5.90. The van der Waals surface area contributed by atoms with E-state index in [9.17, 15) is 0 Å². The van der Waals surface area contributed by atoms with Crippen molar-refractivity contribution in [2.45, 2.75) is 78.2 Å². The van der Waals surface area contributed by atoms with Crippen molar-refractivity contribution in [1.82, 2.24) is 0 Å². The van der Waals surface area contributed by atoms with Gasteiger partial charge in [0.05, 0.1) is 6.61 Å². The Kier molecular flexibility index (Phi) is 10.9. The van der Waals surface area contributed by atoms with Crippen LogP contribution < -0.4 is 0 Å². The highest BCUT2D eigenvalue weighted by Gasteiger charge is 2.28. The standard InChI is InChI=1S/C29H42O/c1-5-13-26(20-23-30-24-27-15-8-7-9-16-27)19-18-25(3)14-12-22-29(4)21-11-10-17-28(29)6-2/h5-9,15-18,26H,1-2,10-14,19-24H2,3-4H3/b25-18+/t26?,29-/m0/s1. The van der Waals surface area contributed by atoms with Crippen molar-refractivity contribution in [3.63, 3.8) is 0 Å². The minimum atomic E-state index is 0.335. The van der Waals surface area contributed by atoms with E-state index in [-0.39, 0.29) is 0 Å². The van der Waals surface area contributed by atoms with Gasteiger partial charge in [-0.1, -0.05) is 73.7 Å². The third kappa shape index (κ3) is 8.48. The van der Waals surface area contributed by atoms with E-state index in [2.05, 4.69) is 75.6 Å². The van der Waals surface area contributed by atoms with Crippen molar-refractivity contribution in [3.05, 3.63) is 84.5 Å². The van der Waals surface area contributed by atoms with Gasteiger partial charge >= 0.3 is 0 Å². The average molecular weight is 407 g/mol. The van der Waals surface area contributed by atoms with Crippen LogP contribution in [0.25, 0.3) is 0 Å². The van der Waals surface area contributed by atoms with Gasteiger partial charge in [-0.05, 0) is 87.2 Å². The Morgan fingerprint density at radius 1 is 1.20 bits per heavy atom. The molecule has 30 heavy (non-hydrogen) atoms. The van der Waals surface area contributed by atoms with Crippen molar-refractivity contribution in [1.29, 1.82) is 0 Å². The lowest BCUT2D eigenvalue weighted by atomic mass is 9.71. The number of benzene rings is 1. The molecule has 0 spiro atoms. The third-order valence-corrected chi connectivity index (χ3v) is 6.60. The summed E-state index contributed by atoms with van der Waals surface area (Å²) in [6.07, 6.45) is 19.8. The fourth-order valence-corrected chi connectivity index (χ4v) is 4.55. The van der Waals surface area contributed by atoms with Crippen LogP contribution >= 0.6 is 0 Å². The summed E-state index contributed by atoms with van der Waals surface area (Å²) in [6.45, 7) is 14.2. The molecule has 1 aromatic rings. The van der Waals surface area contributed by atoms with Gasteiger partial charge in [-0.2, -0.15) is 0 Å². The Morgan fingerprint density at radius 2 is 2.00 bits per heavy atom.